The molecule has 0 rings (SSSR count). The third-order valence-electron chi connectivity index (χ3n) is 0.681. The Morgan fingerprint density at radius 3 is 1.00 bits per heavy atom. The summed E-state index contributed by atoms with van der Waals surface area (Å²) in [6.45, 7) is 0. The van der Waals surface area contributed by atoms with Crippen LogP contribution in [0.1, 0.15) is 0 Å². The molecule has 0 fully saturated rings. The summed E-state index contributed by atoms with van der Waals surface area (Å²) < 4.78 is 0. The van der Waals surface area contributed by atoms with Crippen molar-refractivity contribution in [2.45, 2.75) is 0 Å². The van der Waals surface area contributed by atoms with Crippen molar-refractivity contribution in [2.24, 2.45) is 5.92 Å². The fourth-order valence-electron chi connectivity index (χ4n) is 0.268. The monoisotopic (exact) mass is 202 g/mol. The Labute approximate surface area is 71.2 Å². The van der Waals surface area contributed by atoms with Crippen molar-refractivity contribution in [3.8, 4) is 0 Å². The van der Waals surface area contributed by atoms with Crippen LogP contribution in [0.15, 0.2) is 0 Å². The molecule has 0 radical (unpaired) electrons. The molecular weight excluding hydrogens is 202 g/mol. The molecule has 0 amide bonds. The normalized spacial score (nSPS) is 9.60. The van der Waals surface area contributed by atoms with Crippen molar-refractivity contribution in [3.05, 3.63) is 0 Å². The van der Waals surface area contributed by atoms with Crippen molar-refractivity contribution >= 4 is 50.5 Å². The average Bonchev–Trinajstić information content (AvgIpc) is 1.59. The zero-order valence-electron chi connectivity index (χ0n) is 4.44. The number of hydrogen-bond donors (Lipinski definition) is 0. The van der Waals surface area contributed by atoms with Gasteiger partial charge in [0, 0.05) is 0 Å². The molecule has 0 aromatic carbocycles. The van der Waals surface area contributed by atoms with Gasteiger partial charge in [0.1, 0.15) is 0 Å². The molecule has 0 heterocycles. The molecule has 3 nitrogen and oxygen atoms in total. The van der Waals surface area contributed by atoms with Crippen LogP contribution in [-0.2, 0) is 14.4 Å². The van der Waals surface area contributed by atoms with Crippen LogP contribution in [0.2, 0.25) is 0 Å². The summed E-state index contributed by atoms with van der Waals surface area (Å²) in [7, 11) is 0. The first-order chi connectivity index (χ1) is 4.46. The van der Waals surface area contributed by atoms with E-state index in [2.05, 4.69) is 0 Å². The van der Waals surface area contributed by atoms with Gasteiger partial charge in [-0.1, -0.05) is 0 Å². The highest BCUT2D eigenvalue weighted by Gasteiger charge is 2.29. The summed E-state index contributed by atoms with van der Waals surface area (Å²) >= 11 is 14.4. The maximum absolute atomic E-state index is 10.2. The Hall–Kier alpha value is -0.120. The van der Waals surface area contributed by atoms with Crippen LogP contribution in [0, 0.1) is 5.92 Å². The van der Waals surface area contributed by atoms with Gasteiger partial charge in [0.05, 0.1) is 0 Å². The van der Waals surface area contributed by atoms with Gasteiger partial charge in [-0.2, -0.15) is 0 Å². The highest BCUT2D eigenvalue weighted by atomic mass is 35.5. The molecule has 0 atom stereocenters. The fourth-order valence-corrected chi connectivity index (χ4v) is 1.03. The summed E-state index contributed by atoms with van der Waals surface area (Å²) in [5.41, 5.74) is 0. The first-order valence-corrected chi connectivity index (χ1v) is 3.18. The van der Waals surface area contributed by atoms with Crippen molar-refractivity contribution < 1.29 is 14.4 Å². The van der Waals surface area contributed by atoms with E-state index in [9.17, 15) is 14.4 Å². The van der Waals surface area contributed by atoms with Crippen molar-refractivity contribution in [2.75, 3.05) is 0 Å². The van der Waals surface area contributed by atoms with Crippen molar-refractivity contribution in [1.29, 1.82) is 0 Å². The minimum absolute atomic E-state index is 1.17. The van der Waals surface area contributed by atoms with E-state index in [1.807, 2.05) is 0 Å². The Balaban J connectivity index is 4.43. The number of halogens is 3. The number of carbonyl (C=O) groups is 3. The quantitative estimate of drug-likeness (QED) is 0.506. The molecule has 0 aliphatic heterocycles. The standard InChI is InChI=1S/C4HCl3O3/c5-2(8)1(3(6)9)4(7)10/h1H. The topological polar surface area (TPSA) is 51.2 Å². The van der Waals surface area contributed by atoms with Crippen molar-refractivity contribution in [3.63, 3.8) is 0 Å². The zero-order valence-corrected chi connectivity index (χ0v) is 6.70. The molecule has 0 aliphatic carbocycles. The molecule has 0 bridgehead atoms. The molecule has 0 unspecified atom stereocenters. The Bertz CT molecular complexity index is 155. The summed E-state index contributed by atoms with van der Waals surface area (Å²) in [6, 6.07) is 0. The SMILES string of the molecule is O=C(Cl)C(C(=O)Cl)C(=O)Cl. The van der Waals surface area contributed by atoms with E-state index in [1.54, 1.807) is 0 Å². The third-order valence-corrected chi connectivity index (χ3v) is 1.34. The van der Waals surface area contributed by atoms with E-state index < -0.39 is 21.6 Å². The largest absolute Gasteiger partial charge is 0.280 e. The maximum atomic E-state index is 10.2. The highest BCUT2D eigenvalue weighted by molar-refractivity contribution is 6.82. The number of rotatable bonds is 3. The van der Waals surface area contributed by atoms with Crippen LogP contribution >= 0.6 is 34.8 Å². The Morgan fingerprint density at radius 1 is 0.800 bits per heavy atom. The van der Waals surface area contributed by atoms with Crippen LogP contribution < -0.4 is 0 Å². The van der Waals surface area contributed by atoms with E-state index >= 15 is 0 Å². The summed E-state index contributed by atoms with van der Waals surface area (Å²) in [5, 5.41) is -3.50. The van der Waals surface area contributed by atoms with Crippen LogP contribution in [-0.4, -0.2) is 15.7 Å². The fraction of sp³-hybridized carbons (Fsp3) is 0.250. The molecule has 0 saturated carbocycles. The smallest absolute Gasteiger partial charge is 0.242 e. The third kappa shape index (κ3) is 2.64. The van der Waals surface area contributed by atoms with Gasteiger partial charge in [-0.3, -0.25) is 14.4 Å². The molecule has 6 heteroatoms. The minimum Gasteiger partial charge on any atom is -0.280 e. The molecular formula is C4HCl3O3. The predicted molar refractivity (Wildman–Crippen MR) is 36.1 cm³/mol. The Kier molecular flexibility index (Phi) is 3.86. The summed E-state index contributed by atoms with van der Waals surface area (Å²) in [6.07, 6.45) is 0. The lowest BCUT2D eigenvalue weighted by atomic mass is 10.2. The van der Waals surface area contributed by atoms with Crippen LogP contribution in [0.3, 0.4) is 0 Å². The molecule has 0 spiro atoms. The molecule has 0 aromatic heterocycles. The second-order valence-corrected chi connectivity index (χ2v) is 2.46. The first kappa shape index (κ1) is 9.88. The van der Waals surface area contributed by atoms with Crippen LogP contribution in [0.5, 0.6) is 0 Å². The lowest BCUT2D eigenvalue weighted by Crippen LogP contribution is -2.22. The summed E-state index contributed by atoms with van der Waals surface area (Å²) in [4.78, 5) is 30.5. The second kappa shape index (κ2) is 3.91. The van der Waals surface area contributed by atoms with Gasteiger partial charge in [-0.25, -0.2) is 0 Å². The molecule has 0 aliphatic rings. The van der Waals surface area contributed by atoms with E-state index in [0.29, 0.717) is 0 Å². The molecule has 10 heavy (non-hydrogen) atoms. The molecule has 0 aromatic rings. The second-order valence-electron chi connectivity index (χ2n) is 1.35. The van der Waals surface area contributed by atoms with E-state index in [-0.39, 0.29) is 0 Å². The average molecular weight is 203 g/mol. The number of carbonyl (C=O) groups excluding carboxylic acids is 3. The van der Waals surface area contributed by atoms with E-state index in [0.717, 1.165) is 0 Å². The Morgan fingerprint density at radius 2 is 1.00 bits per heavy atom. The summed E-state index contributed by atoms with van der Waals surface area (Å²) in [5.74, 6) is -1.73. The zero-order chi connectivity index (χ0) is 8.31. The lowest BCUT2D eigenvalue weighted by molar-refractivity contribution is -0.130. The van der Waals surface area contributed by atoms with Crippen LogP contribution in [0.4, 0.5) is 0 Å². The van der Waals surface area contributed by atoms with Gasteiger partial charge in [-0.15, -0.1) is 0 Å². The molecule has 56 valence electrons. The highest BCUT2D eigenvalue weighted by Crippen LogP contribution is 2.10. The van der Waals surface area contributed by atoms with Gasteiger partial charge < -0.3 is 0 Å². The van der Waals surface area contributed by atoms with Gasteiger partial charge >= 0.3 is 0 Å². The predicted octanol–water partition coefficient (Wildman–Crippen LogP) is 0.899. The minimum atomic E-state index is -1.73. The van der Waals surface area contributed by atoms with Gasteiger partial charge in [0.25, 0.3) is 0 Å². The van der Waals surface area contributed by atoms with Crippen LogP contribution in [0.25, 0.3) is 0 Å². The maximum Gasteiger partial charge on any atom is 0.242 e. The van der Waals surface area contributed by atoms with E-state index in [1.165, 1.54) is 0 Å². The van der Waals surface area contributed by atoms with Gasteiger partial charge in [0.2, 0.25) is 15.7 Å². The molecule has 0 saturated heterocycles. The van der Waals surface area contributed by atoms with Gasteiger partial charge in [-0.05, 0) is 34.8 Å². The van der Waals surface area contributed by atoms with E-state index in [4.69, 9.17) is 34.8 Å². The van der Waals surface area contributed by atoms with Gasteiger partial charge in [0.15, 0.2) is 5.92 Å². The lowest BCUT2D eigenvalue weighted by Gasteiger charge is -1.97. The number of hydrogen-bond acceptors (Lipinski definition) is 3. The molecule has 0 N–H and O–H groups in total. The first-order valence-electron chi connectivity index (χ1n) is 2.05. The van der Waals surface area contributed by atoms with Crippen molar-refractivity contribution in [1.82, 2.24) is 0 Å².